The van der Waals surface area contributed by atoms with Gasteiger partial charge < -0.3 is 15.2 Å². The van der Waals surface area contributed by atoms with Crippen molar-refractivity contribution in [2.75, 3.05) is 32.6 Å². The van der Waals surface area contributed by atoms with E-state index in [9.17, 15) is 17.6 Å². The number of hydrogen-bond acceptors (Lipinski definition) is 5. The largest absolute Gasteiger partial charge is 0.375 e. The number of sulfonamides is 1. The molecule has 0 aliphatic carbocycles. The topological polar surface area (TPSA) is 98.9 Å². The van der Waals surface area contributed by atoms with Crippen LogP contribution in [0.4, 0.5) is 4.39 Å². The van der Waals surface area contributed by atoms with Crippen LogP contribution in [0.5, 0.6) is 0 Å². The lowest BCUT2D eigenvalue weighted by Crippen LogP contribution is -2.50. The Morgan fingerprint density at radius 2 is 2.12 bits per heavy atom. The van der Waals surface area contributed by atoms with Gasteiger partial charge in [0.2, 0.25) is 15.9 Å². The minimum absolute atomic E-state index is 0.0373. The Hall–Kier alpha value is -1.55. The molecule has 0 spiro atoms. The first kappa shape index (κ1) is 19.8. The zero-order valence-electron chi connectivity index (χ0n) is 14.3. The molecule has 1 saturated heterocycles. The zero-order chi connectivity index (χ0) is 18.7. The highest BCUT2D eigenvalue weighted by Crippen LogP contribution is 2.34. The van der Waals surface area contributed by atoms with E-state index in [0.717, 1.165) is 6.26 Å². The molecular formula is C16H23FN2O5S. The number of nitrogens with two attached hydrogens (primary N) is 1. The van der Waals surface area contributed by atoms with Crippen molar-refractivity contribution in [3.8, 4) is 0 Å². The van der Waals surface area contributed by atoms with Gasteiger partial charge in [0.05, 0.1) is 19.5 Å². The monoisotopic (exact) mass is 374 g/mol. The molecule has 25 heavy (non-hydrogen) atoms. The lowest BCUT2D eigenvalue weighted by atomic mass is 9.90. The van der Waals surface area contributed by atoms with Gasteiger partial charge >= 0.3 is 0 Å². The van der Waals surface area contributed by atoms with Crippen molar-refractivity contribution in [3.05, 3.63) is 35.1 Å². The van der Waals surface area contributed by atoms with Crippen molar-refractivity contribution in [2.24, 2.45) is 5.73 Å². The summed E-state index contributed by atoms with van der Waals surface area (Å²) in [6, 6.07) is 4.49. The molecule has 0 aromatic heterocycles. The van der Waals surface area contributed by atoms with Crippen LogP contribution in [0.3, 0.4) is 0 Å². The maximum absolute atomic E-state index is 14.5. The summed E-state index contributed by atoms with van der Waals surface area (Å²) in [5.41, 5.74) is 5.00. The molecule has 7 nitrogen and oxygen atoms in total. The molecule has 0 radical (unpaired) electrons. The third-order valence-electron chi connectivity index (χ3n) is 4.03. The molecule has 140 valence electrons. The van der Waals surface area contributed by atoms with Gasteiger partial charge in [0.25, 0.3) is 0 Å². The number of rotatable bonds is 9. The summed E-state index contributed by atoms with van der Waals surface area (Å²) in [6.45, 7) is 2.25. The molecule has 2 N–H and O–H groups in total. The normalized spacial score (nSPS) is 16.6. The molecule has 1 aromatic rings. The standard InChI is InChI=1S/C16H23FN2O5S/c1-3-6-19(25(2,21)22)8-12-4-5-13(7-14(12)17)16(10-23-11-16)24-9-15(18)20/h4-5,7H,3,6,8-11H2,1-2H3,(H2,18,20). The SMILES string of the molecule is CCCN(Cc1ccc(C2(OCC(N)=O)COC2)cc1F)S(C)(=O)=O. The number of carbonyl (C=O) groups is 1. The van der Waals surface area contributed by atoms with Crippen molar-refractivity contribution >= 4 is 15.9 Å². The minimum atomic E-state index is -3.42. The summed E-state index contributed by atoms with van der Waals surface area (Å²) in [7, 11) is -3.42. The molecule has 1 aliphatic rings. The average Bonchev–Trinajstić information content (AvgIpc) is 2.46. The van der Waals surface area contributed by atoms with Crippen LogP contribution in [0, 0.1) is 5.82 Å². The first-order chi connectivity index (χ1) is 11.7. The summed E-state index contributed by atoms with van der Waals surface area (Å²) >= 11 is 0. The van der Waals surface area contributed by atoms with Crippen LogP contribution in [-0.2, 0) is 36.4 Å². The first-order valence-electron chi connectivity index (χ1n) is 7.92. The van der Waals surface area contributed by atoms with Gasteiger partial charge in [-0.15, -0.1) is 0 Å². The van der Waals surface area contributed by atoms with Gasteiger partial charge in [0.1, 0.15) is 18.0 Å². The zero-order valence-corrected chi connectivity index (χ0v) is 15.1. The fourth-order valence-electron chi connectivity index (χ4n) is 2.59. The summed E-state index contributed by atoms with van der Waals surface area (Å²) < 4.78 is 50.0. The van der Waals surface area contributed by atoms with E-state index in [1.807, 2.05) is 6.92 Å². The number of ether oxygens (including phenoxy) is 2. The van der Waals surface area contributed by atoms with Crippen LogP contribution >= 0.6 is 0 Å². The molecule has 9 heteroatoms. The van der Waals surface area contributed by atoms with Crippen molar-refractivity contribution in [1.82, 2.24) is 4.31 Å². The van der Waals surface area contributed by atoms with Crippen molar-refractivity contribution in [2.45, 2.75) is 25.5 Å². The maximum atomic E-state index is 14.5. The first-order valence-corrected chi connectivity index (χ1v) is 9.77. The highest BCUT2D eigenvalue weighted by Gasteiger charge is 2.42. The maximum Gasteiger partial charge on any atom is 0.243 e. The van der Waals surface area contributed by atoms with Gasteiger partial charge in [-0.25, -0.2) is 12.8 Å². The third kappa shape index (κ3) is 4.75. The van der Waals surface area contributed by atoms with Crippen LogP contribution in [0.15, 0.2) is 18.2 Å². The molecule has 1 aromatic carbocycles. The molecule has 0 saturated carbocycles. The van der Waals surface area contributed by atoms with E-state index >= 15 is 0 Å². The van der Waals surface area contributed by atoms with Crippen molar-refractivity contribution in [3.63, 3.8) is 0 Å². The van der Waals surface area contributed by atoms with Gasteiger partial charge in [0, 0.05) is 18.7 Å². The Bertz CT molecular complexity index is 734. The predicted octanol–water partition coefficient (Wildman–Crippen LogP) is 0.725. The van der Waals surface area contributed by atoms with E-state index in [2.05, 4.69) is 0 Å². The van der Waals surface area contributed by atoms with E-state index in [4.69, 9.17) is 15.2 Å². The van der Waals surface area contributed by atoms with E-state index < -0.39 is 27.3 Å². The molecular weight excluding hydrogens is 351 g/mol. The average molecular weight is 374 g/mol. The quantitative estimate of drug-likeness (QED) is 0.687. The highest BCUT2D eigenvalue weighted by atomic mass is 32.2. The fourth-order valence-corrected chi connectivity index (χ4v) is 3.48. The van der Waals surface area contributed by atoms with E-state index in [1.165, 1.54) is 16.4 Å². The van der Waals surface area contributed by atoms with Crippen molar-refractivity contribution < 1.29 is 27.1 Å². The number of benzene rings is 1. The van der Waals surface area contributed by atoms with Crippen LogP contribution in [0.1, 0.15) is 24.5 Å². The van der Waals surface area contributed by atoms with Crippen LogP contribution < -0.4 is 5.73 Å². The van der Waals surface area contributed by atoms with Gasteiger partial charge in [-0.05, 0) is 18.1 Å². The summed E-state index contributed by atoms with van der Waals surface area (Å²) in [6.07, 6.45) is 1.74. The Balaban J connectivity index is 2.21. The number of nitrogens with zero attached hydrogens (tertiary/aromatic N) is 1. The second-order valence-corrected chi connectivity index (χ2v) is 8.13. The van der Waals surface area contributed by atoms with Gasteiger partial charge in [-0.3, -0.25) is 4.79 Å². The smallest absolute Gasteiger partial charge is 0.243 e. The van der Waals surface area contributed by atoms with Crippen LogP contribution in [0.25, 0.3) is 0 Å². The van der Waals surface area contributed by atoms with Crippen LogP contribution in [-0.4, -0.2) is 51.3 Å². The Labute approximate surface area is 146 Å². The lowest BCUT2D eigenvalue weighted by Gasteiger charge is -2.41. The molecule has 2 rings (SSSR count). The second kappa shape index (κ2) is 7.77. The number of primary amides is 1. The molecule has 1 fully saturated rings. The summed E-state index contributed by atoms with van der Waals surface area (Å²) in [5.74, 6) is -1.15. The van der Waals surface area contributed by atoms with E-state index in [1.54, 1.807) is 6.07 Å². The lowest BCUT2D eigenvalue weighted by molar-refractivity contribution is -0.215. The molecule has 1 heterocycles. The van der Waals surface area contributed by atoms with E-state index in [0.29, 0.717) is 18.5 Å². The molecule has 0 bridgehead atoms. The van der Waals surface area contributed by atoms with Crippen molar-refractivity contribution in [1.29, 1.82) is 0 Å². The number of amides is 1. The summed E-state index contributed by atoms with van der Waals surface area (Å²) in [5, 5.41) is 0. The fraction of sp³-hybridized carbons (Fsp3) is 0.562. The number of halogens is 1. The molecule has 0 atom stereocenters. The molecule has 1 aliphatic heterocycles. The van der Waals surface area contributed by atoms with E-state index in [-0.39, 0.29) is 31.9 Å². The number of carbonyl (C=O) groups excluding carboxylic acids is 1. The van der Waals surface area contributed by atoms with Gasteiger partial charge in [-0.1, -0.05) is 19.1 Å². The number of hydrogen-bond donors (Lipinski definition) is 1. The van der Waals surface area contributed by atoms with Gasteiger partial charge in [0.15, 0.2) is 0 Å². The molecule has 0 unspecified atom stereocenters. The molecule has 1 amide bonds. The second-order valence-electron chi connectivity index (χ2n) is 6.14. The van der Waals surface area contributed by atoms with Gasteiger partial charge in [-0.2, -0.15) is 4.31 Å². The third-order valence-corrected chi connectivity index (χ3v) is 5.28. The highest BCUT2D eigenvalue weighted by molar-refractivity contribution is 7.88. The Morgan fingerprint density at radius 1 is 1.44 bits per heavy atom. The minimum Gasteiger partial charge on any atom is -0.375 e. The Kier molecular flexibility index (Phi) is 6.15. The Morgan fingerprint density at radius 3 is 2.56 bits per heavy atom. The van der Waals surface area contributed by atoms with Crippen LogP contribution in [0.2, 0.25) is 0 Å². The summed E-state index contributed by atoms with van der Waals surface area (Å²) in [4.78, 5) is 10.9. The predicted molar refractivity (Wildman–Crippen MR) is 89.6 cm³/mol.